The lowest BCUT2D eigenvalue weighted by molar-refractivity contribution is -0.119. The first kappa shape index (κ1) is 16.0. The molecule has 2 heterocycles. The van der Waals surface area contributed by atoms with Crippen LogP contribution in [0.2, 0.25) is 10.0 Å². The van der Waals surface area contributed by atoms with E-state index in [0.717, 1.165) is 16.8 Å². The molecular formula is C15H12Cl2N4OS. The largest absolute Gasteiger partial charge is 0.284 e. The standard InChI is InChI=1S/C15H12Cl2N4OS/c1-8(22)20-21-14-5-18-15(11-6-23-7-12(11)17)10-4-9(16)2-3-13(10)19-14/h2-4,6-7H,5H2,1H3,(H,19,21)(H,20,22). The molecule has 0 unspecified atom stereocenters. The lowest BCUT2D eigenvalue weighted by Crippen LogP contribution is -2.41. The van der Waals surface area contributed by atoms with Gasteiger partial charge in [0.15, 0.2) is 0 Å². The van der Waals surface area contributed by atoms with E-state index in [9.17, 15) is 4.79 Å². The van der Waals surface area contributed by atoms with Crippen molar-refractivity contribution >= 4 is 57.7 Å². The topological polar surface area (TPSA) is 65.8 Å². The normalized spacial score (nSPS) is 13.5. The zero-order valence-electron chi connectivity index (χ0n) is 12.1. The quantitative estimate of drug-likeness (QED) is 0.757. The van der Waals surface area contributed by atoms with Gasteiger partial charge in [-0.2, -0.15) is 11.3 Å². The summed E-state index contributed by atoms with van der Waals surface area (Å²) in [4.78, 5) is 20.2. The number of hydrogen-bond donors (Lipinski definition) is 2. The molecule has 1 aromatic carbocycles. The molecule has 2 aromatic rings. The number of thiophene rings is 1. The molecule has 0 bridgehead atoms. The van der Waals surface area contributed by atoms with Crippen molar-refractivity contribution in [2.45, 2.75) is 6.92 Å². The number of benzene rings is 1. The van der Waals surface area contributed by atoms with Crippen LogP contribution in [0, 0.1) is 0 Å². The molecule has 0 saturated carbocycles. The van der Waals surface area contributed by atoms with Crippen molar-refractivity contribution in [3.63, 3.8) is 0 Å². The molecule has 0 aliphatic carbocycles. The van der Waals surface area contributed by atoms with Crippen LogP contribution in [-0.2, 0) is 4.79 Å². The summed E-state index contributed by atoms with van der Waals surface area (Å²) >= 11 is 13.9. The van der Waals surface area contributed by atoms with Gasteiger partial charge in [-0.25, -0.2) is 4.99 Å². The number of aliphatic imine (C=N–C) groups is 2. The maximum absolute atomic E-state index is 11.1. The Bertz CT molecular complexity index is 829. The lowest BCUT2D eigenvalue weighted by atomic mass is 10.0. The minimum Gasteiger partial charge on any atom is -0.284 e. The van der Waals surface area contributed by atoms with Crippen LogP contribution in [0.5, 0.6) is 0 Å². The van der Waals surface area contributed by atoms with Crippen molar-refractivity contribution in [3.8, 4) is 0 Å². The molecule has 1 amide bonds. The van der Waals surface area contributed by atoms with Crippen molar-refractivity contribution in [1.82, 2.24) is 10.9 Å². The summed E-state index contributed by atoms with van der Waals surface area (Å²) in [5.74, 6) is 0.323. The maximum atomic E-state index is 11.1. The van der Waals surface area contributed by atoms with Gasteiger partial charge < -0.3 is 0 Å². The second kappa shape index (κ2) is 6.70. The molecule has 1 aliphatic rings. The summed E-state index contributed by atoms with van der Waals surface area (Å²) in [5.41, 5.74) is 8.37. The van der Waals surface area contributed by atoms with Crippen LogP contribution in [0.4, 0.5) is 5.69 Å². The van der Waals surface area contributed by atoms with Gasteiger partial charge in [-0.15, -0.1) is 0 Å². The molecular weight excluding hydrogens is 355 g/mol. The van der Waals surface area contributed by atoms with E-state index in [2.05, 4.69) is 20.8 Å². The molecule has 2 N–H and O–H groups in total. The number of carbonyl (C=O) groups is 1. The van der Waals surface area contributed by atoms with Gasteiger partial charge in [0.25, 0.3) is 0 Å². The molecule has 118 valence electrons. The lowest BCUT2D eigenvalue weighted by Gasteiger charge is -2.08. The number of amidine groups is 1. The zero-order chi connectivity index (χ0) is 16.4. The van der Waals surface area contributed by atoms with Gasteiger partial charge in [-0.05, 0) is 18.2 Å². The molecule has 23 heavy (non-hydrogen) atoms. The van der Waals surface area contributed by atoms with Crippen molar-refractivity contribution < 1.29 is 4.79 Å². The first-order chi connectivity index (χ1) is 11.0. The Morgan fingerprint density at radius 3 is 2.78 bits per heavy atom. The molecule has 8 heteroatoms. The van der Waals surface area contributed by atoms with E-state index in [0.29, 0.717) is 21.6 Å². The Balaban J connectivity index is 2.06. The number of nitrogens with zero attached hydrogens (tertiary/aromatic N) is 2. The van der Waals surface area contributed by atoms with Gasteiger partial charge >= 0.3 is 0 Å². The number of hydrogen-bond acceptors (Lipinski definition) is 5. The fourth-order valence-electron chi connectivity index (χ4n) is 2.12. The summed E-state index contributed by atoms with van der Waals surface area (Å²) in [6, 6.07) is 5.39. The third-order valence-corrected chi connectivity index (χ3v) is 4.53. The van der Waals surface area contributed by atoms with Crippen LogP contribution in [-0.4, -0.2) is 24.0 Å². The Morgan fingerprint density at radius 1 is 1.26 bits per heavy atom. The van der Waals surface area contributed by atoms with Crippen LogP contribution in [0.25, 0.3) is 0 Å². The number of carbonyl (C=O) groups excluding carboxylic acids is 1. The number of fused-ring (bicyclic) bond motifs is 1. The third-order valence-electron chi connectivity index (χ3n) is 3.11. The van der Waals surface area contributed by atoms with Crippen molar-refractivity contribution in [2.24, 2.45) is 9.98 Å². The van der Waals surface area contributed by atoms with Crippen molar-refractivity contribution in [2.75, 3.05) is 6.54 Å². The number of hydrazine groups is 1. The number of nitrogens with one attached hydrogen (secondary N) is 2. The molecule has 0 atom stereocenters. The average Bonchev–Trinajstić information content (AvgIpc) is 2.84. The monoisotopic (exact) mass is 366 g/mol. The molecule has 1 aliphatic heterocycles. The SMILES string of the molecule is CC(=O)NNC1=Nc2ccc(Cl)cc2C(c2cscc2Cl)=NC1. The van der Waals surface area contributed by atoms with E-state index in [1.807, 2.05) is 22.9 Å². The van der Waals surface area contributed by atoms with Crippen molar-refractivity contribution in [3.05, 3.63) is 50.1 Å². The number of halogens is 2. The van der Waals surface area contributed by atoms with Crippen LogP contribution < -0.4 is 10.9 Å². The highest BCUT2D eigenvalue weighted by Crippen LogP contribution is 2.31. The zero-order valence-corrected chi connectivity index (χ0v) is 14.4. The van der Waals surface area contributed by atoms with Gasteiger partial charge in [0.2, 0.25) is 5.91 Å². The second-order valence-corrected chi connectivity index (χ2v) is 6.41. The first-order valence-electron chi connectivity index (χ1n) is 6.71. The highest BCUT2D eigenvalue weighted by Gasteiger charge is 2.19. The first-order valence-corrected chi connectivity index (χ1v) is 8.41. The summed E-state index contributed by atoms with van der Waals surface area (Å²) < 4.78 is 0. The minimum absolute atomic E-state index is 0.210. The fraction of sp³-hybridized carbons (Fsp3) is 0.133. The fourth-order valence-corrected chi connectivity index (χ4v) is 3.35. The molecule has 0 fully saturated rings. The number of amides is 1. The predicted octanol–water partition coefficient (Wildman–Crippen LogP) is 3.58. The summed E-state index contributed by atoms with van der Waals surface area (Å²) in [5, 5.41) is 5.03. The Labute approximate surface area is 147 Å². The van der Waals surface area contributed by atoms with Gasteiger partial charge in [0.05, 0.1) is 23.0 Å². The van der Waals surface area contributed by atoms with Gasteiger partial charge in [0.1, 0.15) is 5.84 Å². The van der Waals surface area contributed by atoms with Gasteiger partial charge in [0, 0.05) is 33.8 Å². The van der Waals surface area contributed by atoms with Crippen LogP contribution in [0.1, 0.15) is 18.1 Å². The molecule has 3 rings (SSSR count). The smallest absolute Gasteiger partial charge is 0.235 e. The van der Waals surface area contributed by atoms with Crippen LogP contribution in [0.15, 0.2) is 38.9 Å². The third kappa shape index (κ3) is 3.55. The van der Waals surface area contributed by atoms with E-state index in [1.54, 1.807) is 6.07 Å². The van der Waals surface area contributed by atoms with E-state index in [-0.39, 0.29) is 12.5 Å². The molecule has 0 saturated heterocycles. The molecule has 0 radical (unpaired) electrons. The van der Waals surface area contributed by atoms with E-state index in [4.69, 9.17) is 23.2 Å². The summed E-state index contributed by atoms with van der Waals surface area (Å²) in [6.07, 6.45) is 0. The summed E-state index contributed by atoms with van der Waals surface area (Å²) in [6.45, 7) is 1.70. The molecule has 1 aromatic heterocycles. The average molecular weight is 367 g/mol. The van der Waals surface area contributed by atoms with Crippen molar-refractivity contribution in [1.29, 1.82) is 0 Å². The van der Waals surface area contributed by atoms with Crippen LogP contribution in [0.3, 0.4) is 0 Å². The van der Waals surface area contributed by atoms with Crippen LogP contribution >= 0.6 is 34.5 Å². The predicted molar refractivity (Wildman–Crippen MR) is 95.3 cm³/mol. The highest BCUT2D eigenvalue weighted by atomic mass is 35.5. The minimum atomic E-state index is -0.210. The Hall–Kier alpha value is -1.89. The van der Waals surface area contributed by atoms with Gasteiger partial charge in [-0.3, -0.25) is 20.6 Å². The summed E-state index contributed by atoms with van der Waals surface area (Å²) in [7, 11) is 0. The maximum Gasteiger partial charge on any atom is 0.235 e. The van der Waals surface area contributed by atoms with Gasteiger partial charge in [-0.1, -0.05) is 23.2 Å². The van der Waals surface area contributed by atoms with E-state index in [1.165, 1.54) is 18.3 Å². The molecule has 0 spiro atoms. The highest BCUT2D eigenvalue weighted by molar-refractivity contribution is 7.08. The van der Waals surface area contributed by atoms with E-state index >= 15 is 0 Å². The second-order valence-electron chi connectivity index (χ2n) is 4.82. The molecule has 5 nitrogen and oxygen atoms in total. The Kier molecular flexibility index (Phi) is 4.66. The Morgan fingerprint density at radius 2 is 2.09 bits per heavy atom. The number of rotatable bonds is 1. The van der Waals surface area contributed by atoms with E-state index < -0.39 is 0 Å².